The Balaban J connectivity index is 0.00000338. The first-order chi connectivity index (χ1) is 11.7. The number of carbonyl (C=O) groups is 1. The SMILES string of the molecule is CCC(NC(=O)c1cc(Cl)c(N)cc1OC)c1nc(C(F)(F)F)cs1.Cl. The number of carbonyl (C=O) groups excluding carboxylic acids is 1. The fourth-order valence-corrected chi connectivity index (χ4v) is 3.19. The molecule has 0 fully saturated rings. The van der Waals surface area contributed by atoms with E-state index in [2.05, 4.69) is 10.3 Å². The van der Waals surface area contributed by atoms with Crippen LogP contribution in [-0.4, -0.2) is 18.0 Å². The van der Waals surface area contributed by atoms with Crippen LogP contribution in [0.2, 0.25) is 5.02 Å². The molecule has 2 rings (SSSR count). The van der Waals surface area contributed by atoms with Gasteiger partial charge in [-0.2, -0.15) is 13.2 Å². The number of thiazole rings is 1. The van der Waals surface area contributed by atoms with E-state index in [9.17, 15) is 18.0 Å². The van der Waals surface area contributed by atoms with Gasteiger partial charge in [0.2, 0.25) is 0 Å². The van der Waals surface area contributed by atoms with Crippen LogP contribution < -0.4 is 15.8 Å². The topological polar surface area (TPSA) is 77.2 Å². The first kappa shape index (κ1) is 22.3. The number of methoxy groups -OCH3 is 1. The van der Waals surface area contributed by atoms with Gasteiger partial charge in [0.25, 0.3) is 5.91 Å². The third-order valence-corrected chi connectivity index (χ3v) is 4.67. The highest BCUT2D eigenvalue weighted by Gasteiger charge is 2.34. The Morgan fingerprint density at radius 2 is 2.12 bits per heavy atom. The van der Waals surface area contributed by atoms with Crippen LogP contribution in [0.1, 0.15) is 40.4 Å². The van der Waals surface area contributed by atoms with Crippen LogP contribution >= 0.6 is 35.3 Å². The Morgan fingerprint density at radius 1 is 1.46 bits per heavy atom. The summed E-state index contributed by atoms with van der Waals surface area (Å²) in [5.41, 5.74) is 5.07. The normalized spacial score (nSPS) is 12.2. The van der Waals surface area contributed by atoms with Crippen molar-refractivity contribution >= 4 is 46.9 Å². The smallest absolute Gasteiger partial charge is 0.434 e. The van der Waals surface area contributed by atoms with Gasteiger partial charge in [0.05, 0.1) is 29.4 Å². The standard InChI is InChI=1S/C15H15ClF3N3O2S.ClH/c1-3-10(14-22-12(6-25-14)15(17,18)19)21-13(23)7-4-8(16)9(20)5-11(7)24-2;/h4-6,10H,3,20H2,1-2H3,(H,21,23);1H. The molecular weight excluding hydrogens is 414 g/mol. The molecule has 1 atom stereocenters. The molecule has 11 heteroatoms. The fourth-order valence-electron chi connectivity index (χ4n) is 2.07. The minimum absolute atomic E-state index is 0. The van der Waals surface area contributed by atoms with Gasteiger partial charge in [0.1, 0.15) is 10.8 Å². The molecule has 3 N–H and O–H groups in total. The first-order valence-corrected chi connectivity index (χ1v) is 8.39. The lowest BCUT2D eigenvalue weighted by atomic mass is 10.1. The number of alkyl halides is 3. The number of ether oxygens (including phenoxy) is 1. The predicted octanol–water partition coefficient (Wildman–Crippen LogP) is 4.71. The molecule has 0 aliphatic rings. The van der Waals surface area contributed by atoms with Gasteiger partial charge in [-0.05, 0) is 12.5 Å². The van der Waals surface area contributed by atoms with Crippen LogP contribution in [0, 0.1) is 0 Å². The lowest BCUT2D eigenvalue weighted by Crippen LogP contribution is -2.28. The highest BCUT2D eigenvalue weighted by molar-refractivity contribution is 7.09. The number of nitrogen functional groups attached to an aromatic ring is 1. The molecule has 0 bridgehead atoms. The zero-order valence-corrected chi connectivity index (χ0v) is 16.1. The summed E-state index contributed by atoms with van der Waals surface area (Å²) in [6.07, 6.45) is -4.16. The lowest BCUT2D eigenvalue weighted by molar-refractivity contribution is -0.140. The zero-order valence-electron chi connectivity index (χ0n) is 13.7. The van der Waals surface area contributed by atoms with E-state index in [1.54, 1.807) is 6.92 Å². The van der Waals surface area contributed by atoms with Gasteiger partial charge in [-0.25, -0.2) is 4.98 Å². The number of anilines is 1. The van der Waals surface area contributed by atoms with Crippen molar-refractivity contribution in [2.24, 2.45) is 0 Å². The Hall–Kier alpha value is -1.71. The highest BCUT2D eigenvalue weighted by Crippen LogP contribution is 2.33. The van der Waals surface area contributed by atoms with Crippen LogP contribution in [-0.2, 0) is 6.18 Å². The average molecular weight is 430 g/mol. The lowest BCUT2D eigenvalue weighted by Gasteiger charge is -2.16. The second-order valence-corrected chi connectivity index (χ2v) is 6.37. The maximum Gasteiger partial charge on any atom is 0.434 e. The summed E-state index contributed by atoms with van der Waals surface area (Å²) in [5.74, 6) is -0.335. The molecule has 5 nitrogen and oxygen atoms in total. The Kier molecular flexibility index (Phi) is 7.55. The Labute approximate surface area is 163 Å². The van der Waals surface area contributed by atoms with E-state index >= 15 is 0 Å². The Morgan fingerprint density at radius 3 is 2.62 bits per heavy atom. The van der Waals surface area contributed by atoms with Gasteiger partial charge in [-0.15, -0.1) is 23.7 Å². The van der Waals surface area contributed by atoms with Crippen molar-refractivity contribution in [1.29, 1.82) is 0 Å². The number of amides is 1. The van der Waals surface area contributed by atoms with Crippen LogP contribution in [0.3, 0.4) is 0 Å². The second kappa shape index (κ2) is 8.79. The quantitative estimate of drug-likeness (QED) is 0.674. The first-order valence-electron chi connectivity index (χ1n) is 7.13. The van der Waals surface area contributed by atoms with Gasteiger partial charge >= 0.3 is 6.18 Å². The molecule has 1 heterocycles. The number of halogens is 5. The molecule has 2 aromatic rings. The molecule has 0 aliphatic heterocycles. The molecular formula is C15H16Cl2F3N3O2S. The summed E-state index contributed by atoms with van der Waals surface area (Å²) in [6.45, 7) is 1.73. The van der Waals surface area contributed by atoms with Gasteiger partial charge in [-0.3, -0.25) is 4.79 Å². The van der Waals surface area contributed by atoms with Crippen LogP contribution in [0.4, 0.5) is 18.9 Å². The number of benzene rings is 1. The van der Waals surface area contributed by atoms with Crippen molar-refractivity contribution in [3.63, 3.8) is 0 Å². The van der Waals surface area contributed by atoms with E-state index in [0.29, 0.717) is 6.42 Å². The van der Waals surface area contributed by atoms with Gasteiger partial charge < -0.3 is 15.8 Å². The number of nitrogens with one attached hydrogen (secondary N) is 1. The summed E-state index contributed by atoms with van der Waals surface area (Å²) in [4.78, 5) is 16.1. The molecule has 1 aromatic carbocycles. The fraction of sp³-hybridized carbons (Fsp3) is 0.333. The van der Waals surface area contributed by atoms with E-state index in [1.165, 1.54) is 19.2 Å². The van der Waals surface area contributed by atoms with E-state index < -0.39 is 23.8 Å². The largest absolute Gasteiger partial charge is 0.496 e. The van der Waals surface area contributed by atoms with Crippen molar-refractivity contribution in [3.8, 4) is 5.75 Å². The molecule has 1 aromatic heterocycles. The van der Waals surface area contributed by atoms with Gasteiger partial charge in [-0.1, -0.05) is 18.5 Å². The van der Waals surface area contributed by atoms with Crippen molar-refractivity contribution in [2.75, 3.05) is 12.8 Å². The average Bonchev–Trinajstić information content (AvgIpc) is 3.04. The van der Waals surface area contributed by atoms with E-state index in [1.807, 2.05) is 0 Å². The highest BCUT2D eigenvalue weighted by atomic mass is 35.5. The molecule has 26 heavy (non-hydrogen) atoms. The second-order valence-electron chi connectivity index (χ2n) is 5.08. The molecule has 0 aliphatic carbocycles. The number of nitrogens with two attached hydrogens (primary N) is 1. The monoisotopic (exact) mass is 429 g/mol. The number of hydrogen-bond donors (Lipinski definition) is 2. The summed E-state index contributed by atoms with van der Waals surface area (Å²) >= 11 is 6.77. The molecule has 0 radical (unpaired) electrons. The number of aromatic nitrogens is 1. The third kappa shape index (κ3) is 4.93. The van der Waals surface area contributed by atoms with Crippen molar-refractivity contribution < 1.29 is 22.7 Å². The minimum atomic E-state index is -4.52. The summed E-state index contributed by atoms with van der Waals surface area (Å²) < 4.78 is 43.2. The van der Waals surface area contributed by atoms with E-state index in [4.69, 9.17) is 22.1 Å². The van der Waals surface area contributed by atoms with Crippen LogP contribution in [0.15, 0.2) is 17.5 Å². The number of rotatable bonds is 5. The van der Waals surface area contributed by atoms with Gasteiger partial charge in [0, 0.05) is 11.4 Å². The summed E-state index contributed by atoms with van der Waals surface area (Å²) in [7, 11) is 1.37. The predicted molar refractivity (Wildman–Crippen MR) is 97.3 cm³/mol. The maximum absolute atomic E-state index is 12.7. The van der Waals surface area contributed by atoms with Crippen molar-refractivity contribution in [3.05, 3.63) is 38.8 Å². The Bertz CT molecular complexity index is 784. The molecule has 0 saturated carbocycles. The zero-order chi connectivity index (χ0) is 18.8. The molecule has 0 spiro atoms. The molecule has 144 valence electrons. The van der Waals surface area contributed by atoms with Crippen LogP contribution in [0.5, 0.6) is 5.75 Å². The van der Waals surface area contributed by atoms with E-state index in [-0.39, 0.29) is 39.4 Å². The van der Waals surface area contributed by atoms with Crippen molar-refractivity contribution in [1.82, 2.24) is 10.3 Å². The maximum atomic E-state index is 12.7. The molecule has 1 amide bonds. The molecule has 1 unspecified atom stereocenters. The summed E-state index contributed by atoms with van der Waals surface area (Å²) in [6, 6.07) is 2.08. The number of hydrogen-bond acceptors (Lipinski definition) is 5. The third-order valence-electron chi connectivity index (χ3n) is 3.39. The van der Waals surface area contributed by atoms with Crippen LogP contribution in [0.25, 0.3) is 0 Å². The summed E-state index contributed by atoms with van der Waals surface area (Å²) in [5, 5.41) is 3.91. The minimum Gasteiger partial charge on any atom is -0.496 e. The van der Waals surface area contributed by atoms with Gasteiger partial charge in [0.15, 0.2) is 5.69 Å². The van der Waals surface area contributed by atoms with Crippen molar-refractivity contribution in [2.45, 2.75) is 25.6 Å². The van der Waals surface area contributed by atoms with E-state index in [0.717, 1.165) is 16.7 Å². The number of nitrogens with zero attached hydrogens (tertiary/aromatic N) is 1. The molecule has 0 saturated heterocycles.